The number of amides is 1. The van der Waals surface area contributed by atoms with E-state index in [0.29, 0.717) is 5.02 Å². The van der Waals surface area contributed by atoms with Crippen molar-refractivity contribution in [2.75, 3.05) is 14.2 Å². The van der Waals surface area contributed by atoms with Crippen LogP contribution in [0.1, 0.15) is 33.1 Å². The van der Waals surface area contributed by atoms with Crippen LogP contribution in [-0.2, 0) is 0 Å². The number of methoxy groups -OCH3 is 1. The summed E-state index contributed by atoms with van der Waals surface area (Å²) in [7, 11) is 3.03. The van der Waals surface area contributed by atoms with Crippen molar-refractivity contribution < 1.29 is 14.6 Å². The number of rotatable bonds is 5. The largest absolute Gasteiger partial charge is 0.504 e. The first-order chi connectivity index (χ1) is 14.3. The molecule has 1 atom stereocenters. The average Bonchev–Trinajstić information content (AvgIpc) is 2.75. The molecule has 1 amide bonds. The van der Waals surface area contributed by atoms with Crippen molar-refractivity contribution in [1.82, 2.24) is 4.90 Å². The number of benzene rings is 3. The lowest BCUT2D eigenvalue weighted by molar-refractivity contribution is 0.0754. The molecule has 0 aromatic heterocycles. The Hall–Kier alpha value is -3.01. The van der Waals surface area contributed by atoms with Crippen LogP contribution in [0, 0.1) is 11.3 Å². The normalized spacial score (nSPS) is 11.4. The summed E-state index contributed by atoms with van der Waals surface area (Å²) in [5.41, 5.74) is 2.04. The Labute approximate surface area is 188 Å². The molecule has 0 spiro atoms. The van der Waals surface area contributed by atoms with Gasteiger partial charge in [-0.15, -0.1) is 0 Å². The fourth-order valence-corrected chi connectivity index (χ4v) is 3.68. The van der Waals surface area contributed by atoms with Gasteiger partial charge in [0.2, 0.25) is 0 Å². The molecule has 0 heterocycles. The third-order valence-corrected chi connectivity index (χ3v) is 5.50. The summed E-state index contributed by atoms with van der Waals surface area (Å²) in [6.07, 6.45) is 0. The molecule has 3 aromatic rings. The molecule has 0 aliphatic rings. The Kier molecular flexibility index (Phi) is 6.66. The van der Waals surface area contributed by atoms with E-state index in [2.05, 4.69) is 15.9 Å². The first-order valence-corrected chi connectivity index (χ1v) is 10.1. The molecule has 0 aliphatic carbocycles. The molecule has 1 N–H and O–H groups in total. The van der Waals surface area contributed by atoms with E-state index < -0.39 is 6.04 Å². The van der Waals surface area contributed by atoms with Crippen LogP contribution in [0.5, 0.6) is 11.5 Å². The van der Waals surface area contributed by atoms with E-state index in [-0.39, 0.29) is 28.5 Å². The van der Waals surface area contributed by atoms with Crippen LogP contribution < -0.4 is 4.74 Å². The minimum atomic E-state index is -0.405. The van der Waals surface area contributed by atoms with Gasteiger partial charge < -0.3 is 14.7 Å². The van der Waals surface area contributed by atoms with Crippen LogP contribution in [0.4, 0.5) is 0 Å². The number of halogens is 2. The van der Waals surface area contributed by atoms with Gasteiger partial charge in [0.05, 0.1) is 18.7 Å². The predicted molar refractivity (Wildman–Crippen MR) is 119 cm³/mol. The Bertz CT molecular complexity index is 1060. The quantitative estimate of drug-likeness (QED) is 0.514. The lowest BCUT2D eigenvalue weighted by Crippen LogP contribution is -2.32. The maximum absolute atomic E-state index is 13.3. The Morgan fingerprint density at radius 1 is 1.13 bits per heavy atom. The van der Waals surface area contributed by atoms with Crippen LogP contribution in [0.2, 0.25) is 5.02 Å². The molecule has 5 nitrogen and oxygen atoms in total. The monoisotopic (exact) mass is 484 g/mol. The number of carbonyl (C=O) groups is 1. The fraction of sp³-hybridized carbons (Fsp3) is 0.130. The van der Waals surface area contributed by atoms with Gasteiger partial charge in [0, 0.05) is 22.1 Å². The van der Waals surface area contributed by atoms with Gasteiger partial charge in [-0.05, 0) is 47.5 Å². The molecular formula is C23H18BrClN2O3. The number of nitriles is 1. The molecule has 0 bridgehead atoms. The molecule has 0 aliphatic heterocycles. The Morgan fingerprint density at radius 2 is 1.70 bits per heavy atom. The third-order valence-electron chi connectivity index (χ3n) is 4.72. The van der Waals surface area contributed by atoms with Gasteiger partial charge in [-0.3, -0.25) is 4.79 Å². The van der Waals surface area contributed by atoms with Crippen molar-refractivity contribution in [3.05, 3.63) is 92.4 Å². The first kappa shape index (κ1) is 21.7. The maximum atomic E-state index is 13.3. The molecule has 3 aromatic carbocycles. The molecule has 7 heteroatoms. The molecule has 0 fully saturated rings. The summed E-state index contributed by atoms with van der Waals surface area (Å²) >= 11 is 9.48. The molecule has 0 saturated heterocycles. The van der Waals surface area contributed by atoms with Gasteiger partial charge in [0.15, 0.2) is 11.5 Å². The summed E-state index contributed by atoms with van der Waals surface area (Å²) in [4.78, 5) is 14.9. The second-order valence-corrected chi connectivity index (χ2v) is 7.96. The summed E-state index contributed by atoms with van der Waals surface area (Å²) in [5, 5.41) is 20.2. The SMILES string of the molecule is COc1c(O)cc(C(=O)N(C)C(c2ccc(Cl)cc2)c2ccc(Br)cc2)cc1C#N. The molecule has 3 rings (SSSR count). The zero-order valence-electron chi connectivity index (χ0n) is 16.3. The molecule has 152 valence electrons. The van der Waals surface area contributed by atoms with Gasteiger partial charge in [-0.25, -0.2) is 0 Å². The van der Waals surface area contributed by atoms with Crippen molar-refractivity contribution in [1.29, 1.82) is 5.26 Å². The highest BCUT2D eigenvalue weighted by Gasteiger charge is 2.26. The summed E-state index contributed by atoms with van der Waals surface area (Å²) < 4.78 is 5.98. The van der Waals surface area contributed by atoms with Crippen LogP contribution in [0.25, 0.3) is 0 Å². The van der Waals surface area contributed by atoms with Gasteiger partial charge in [-0.2, -0.15) is 5.26 Å². The van der Waals surface area contributed by atoms with Crippen molar-refractivity contribution in [2.24, 2.45) is 0 Å². The number of carbonyl (C=O) groups excluding carboxylic acids is 1. The van der Waals surface area contributed by atoms with Gasteiger partial charge in [0.25, 0.3) is 5.91 Å². The van der Waals surface area contributed by atoms with E-state index in [1.54, 1.807) is 24.1 Å². The molecule has 0 saturated carbocycles. The van der Waals surface area contributed by atoms with Crippen LogP contribution in [-0.4, -0.2) is 30.1 Å². The highest BCUT2D eigenvalue weighted by molar-refractivity contribution is 9.10. The topological polar surface area (TPSA) is 73.6 Å². The van der Waals surface area contributed by atoms with E-state index >= 15 is 0 Å². The smallest absolute Gasteiger partial charge is 0.254 e. The minimum Gasteiger partial charge on any atom is -0.504 e. The number of hydrogen-bond donors (Lipinski definition) is 1. The number of nitrogens with zero attached hydrogens (tertiary/aromatic N) is 2. The second kappa shape index (κ2) is 9.21. The third kappa shape index (κ3) is 4.43. The summed E-state index contributed by atoms with van der Waals surface area (Å²) in [6, 6.07) is 19.2. The molecule has 1 unspecified atom stereocenters. The predicted octanol–water partition coefficient (Wildman–Crippen LogP) is 5.55. The first-order valence-electron chi connectivity index (χ1n) is 8.95. The highest BCUT2D eigenvalue weighted by Crippen LogP contribution is 2.34. The zero-order chi connectivity index (χ0) is 21.8. The van der Waals surface area contributed by atoms with Gasteiger partial charge >= 0.3 is 0 Å². The highest BCUT2D eigenvalue weighted by atomic mass is 79.9. The van der Waals surface area contributed by atoms with E-state index in [1.165, 1.54) is 19.2 Å². The van der Waals surface area contributed by atoms with Gasteiger partial charge in [0.1, 0.15) is 6.07 Å². The van der Waals surface area contributed by atoms with E-state index in [4.69, 9.17) is 16.3 Å². The number of ether oxygens (including phenoxy) is 1. The average molecular weight is 486 g/mol. The summed E-state index contributed by atoms with van der Waals surface area (Å²) in [6.45, 7) is 0. The summed E-state index contributed by atoms with van der Waals surface area (Å²) in [5.74, 6) is -0.578. The zero-order valence-corrected chi connectivity index (χ0v) is 18.6. The molecule has 0 radical (unpaired) electrons. The minimum absolute atomic E-state index is 0.0406. The van der Waals surface area contributed by atoms with Crippen LogP contribution >= 0.6 is 27.5 Å². The van der Waals surface area contributed by atoms with E-state index in [1.807, 2.05) is 42.5 Å². The fourth-order valence-electron chi connectivity index (χ4n) is 3.29. The van der Waals surface area contributed by atoms with Crippen LogP contribution in [0.3, 0.4) is 0 Å². The van der Waals surface area contributed by atoms with Crippen LogP contribution in [0.15, 0.2) is 65.1 Å². The van der Waals surface area contributed by atoms with Gasteiger partial charge in [-0.1, -0.05) is 51.8 Å². The van der Waals surface area contributed by atoms with Crippen molar-refractivity contribution in [2.45, 2.75) is 6.04 Å². The molecule has 30 heavy (non-hydrogen) atoms. The number of phenolic OH excluding ortho intramolecular Hbond substituents is 1. The lowest BCUT2D eigenvalue weighted by atomic mass is 9.96. The van der Waals surface area contributed by atoms with Crippen molar-refractivity contribution >= 4 is 33.4 Å². The standard InChI is InChI=1S/C23H18BrClN2O3/c1-27(23(29)16-11-17(13-26)22(30-2)20(28)12-16)21(14-3-7-18(24)8-4-14)15-5-9-19(25)10-6-15/h3-12,21,28H,1-2H3. The Balaban J connectivity index is 2.07. The maximum Gasteiger partial charge on any atom is 0.254 e. The number of hydrogen-bond acceptors (Lipinski definition) is 4. The van der Waals surface area contributed by atoms with E-state index in [9.17, 15) is 15.2 Å². The molecular weight excluding hydrogens is 468 g/mol. The van der Waals surface area contributed by atoms with Crippen molar-refractivity contribution in [3.8, 4) is 17.6 Å². The number of aromatic hydroxyl groups is 1. The second-order valence-electron chi connectivity index (χ2n) is 6.61. The van der Waals surface area contributed by atoms with E-state index in [0.717, 1.165) is 15.6 Å². The lowest BCUT2D eigenvalue weighted by Gasteiger charge is -2.29. The van der Waals surface area contributed by atoms with Crippen molar-refractivity contribution in [3.63, 3.8) is 0 Å². The number of phenols is 1. The Morgan fingerprint density at radius 3 is 2.23 bits per heavy atom.